The fourth-order valence-corrected chi connectivity index (χ4v) is 5.07. The third-order valence-corrected chi connectivity index (χ3v) is 7.10. The van der Waals surface area contributed by atoms with E-state index < -0.39 is 15.1 Å². The molecule has 1 aliphatic heterocycles. The predicted octanol–water partition coefficient (Wildman–Crippen LogP) is 5.19. The average molecular weight is 504 g/mol. The topological polar surface area (TPSA) is 99.6 Å². The molecule has 1 fully saturated rings. The van der Waals surface area contributed by atoms with Crippen LogP contribution >= 0.6 is 11.6 Å². The Hall–Kier alpha value is -3.01. The minimum absolute atomic E-state index is 0.120. The molecule has 2 N–H and O–H groups in total. The number of hydrogen-bond acceptors (Lipinski definition) is 5. The third-order valence-electron chi connectivity index (χ3n) is 5.97. The SMILES string of the molecule is Cc1c(S(=O)(=O)O)ncc(C(=O)N2CCC(c3ccc(F)cc3)CC2)c1Nc1cccc(Cl)c1. The van der Waals surface area contributed by atoms with Gasteiger partial charge in [-0.25, -0.2) is 9.37 Å². The van der Waals surface area contributed by atoms with Crippen molar-refractivity contribution in [2.45, 2.75) is 30.7 Å². The van der Waals surface area contributed by atoms with Crippen LogP contribution in [0.4, 0.5) is 15.8 Å². The number of nitrogens with one attached hydrogen (secondary N) is 1. The van der Waals surface area contributed by atoms with Gasteiger partial charge in [0.25, 0.3) is 5.91 Å². The number of amides is 1. The lowest BCUT2D eigenvalue weighted by Crippen LogP contribution is -2.38. The lowest BCUT2D eigenvalue weighted by Gasteiger charge is -2.33. The van der Waals surface area contributed by atoms with Crippen LogP contribution in [0, 0.1) is 12.7 Å². The van der Waals surface area contributed by atoms with Crippen LogP contribution in [0.25, 0.3) is 0 Å². The maximum absolute atomic E-state index is 13.4. The van der Waals surface area contributed by atoms with E-state index in [4.69, 9.17) is 11.6 Å². The monoisotopic (exact) mass is 503 g/mol. The number of hydrogen-bond donors (Lipinski definition) is 2. The van der Waals surface area contributed by atoms with Gasteiger partial charge in [-0.05, 0) is 61.6 Å². The number of aromatic nitrogens is 1. The van der Waals surface area contributed by atoms with Crippen LogP contribution in [0.2, 0.25) is 5.02 Å². The first-order valence-electron chi connectivity index (χ1n) is 10.7. The number of nitrogens with zero attached hydrogens (tertiary/aromatic N) is 2. The Labute approximate surface area is 202 Å². The van der Waals surface area contributed by atoms with Crippen LogP contribution in [-0.2, 0) is 10.1 Å². The minimum Gasteiger partial charge on any atom is -0.354 e. The summed E-state index contributed by atoms with van der Waals surface area (Å²) >= 11 is 6.07. The van der Waals surface area contributed by atoms with Gasteiger partial charge in [0.05, 0.1) is 11.3 Å². The quantitative estimate of drug-likeness (QED) is 0.465. The molecule has 2 heterocycles. The lowest BCUT2D eigenvalue weighted by molar-refractivity contribution is 0.0713. The highest BCUT2D eigenvalue weighted by molar-refractivity contribution is 7.85. The fraction of sp³-hybridized carbons (Fsp3) is 0.250. The van der Waals surface area contributed by atoms with E-state index >= 15 is 0 Å². The molecule has 7 nitrogen and oxygen atoms in total. The van der Waals surface area contributed by atoms with Gasteiger partial charge in [-0.15, -0.1) is 0 Å². The van der Waals surface area contributed by atoms with E-state index in [0.29, 0.717) is 36.6 Å². The number of halogens is 2. The second-order valence-electron chi connectivity index (χ2n) is 8.21. The molecular formula is C24H23ClFN3O4S. The van der Waals surface area contributed by atoms with Crippen LogP contribution in [0.1, 0.15) is 40.2 Å². The van der Waals surface area contributed by atoms with Crippen molar-refractivity contribution in [2.24, 2.45) is 0 Å². The molecule has 178 valence electrons. The summed E-state index contributed by atoms with van der Waals surface area (Å²) in [5, 5.41) is 3.01. The molecule has 0 saturated carbocycles. The minimum atomic E-state index is -4.59. The molecule has 34 heavy (non-hydrogen) atoms. The van der Waals surface area contributed by atoms with Crippen molar-refractivity contribution in [3.8, 4) is 0 Å². The highest BCUT2D eigenvalue weighted by Crippen LogP contribution is 2.33. The molecule has 0 atom stereocenters. The largest absolute Gasteiger partial charge is 0.354 e. The molecule has 0 aliphatic carbocycles. The van der Waals surface area contributed by atoms with E-state index in [1.54, 1.807) is 41.3 Å². The molecule has 10 heteroatoms. The molecule has 0 unspecified atom stereocenters. The van der Waals surface area contributed by atoms with Gasteiger partial charge in [-0.1, -0.05) is 29.8 Å². The molecule has 1 saturated heterocycles. The normalized spacial score (nSPS) is 14.8. The molecular weight excluding hydrogens is 481 g/mol. The highest BCUT2D eigenvalue weighted by atomic mass is 35.5. The van der Waals surface area contributed by atoms with Crippen molar-refractivity contribution >= 4 is 39.0 Å². The van der Waals surface area contributed by atoms with Crippen LogP contribution in [0.5, 0.6) is 0 Å². The van der Waals surface area contributed by atoms with Gasteiger partial charge in [-0.2, -0.15) is 8.42 Å². The number of carbonyl (C=O) groups excluding carboxylic acids is 1. The van der Waals surface area contributed by atoms with E-state index in [-0.39, 0.29) is 34.5 Å². The zero-order chi connectivity index (χ0) is 24.5. The van der Waals surface area contributed by atoms with Crippen molar-refractivity contribution in [1.82, 2.24) is 9.88 Å². The maximum Gasteiger partial charge on any atom is 0.312 e. The second-order valence-corrected chi connectivity index (χ2v) is 9.98. The average Bonchev–Trinajstić information content (AvgIpc) is 2.80. The molecule has 1 amide bonds. The van der Waals surface area contributed by atoms with Crippen LogP contribution in [0.3, 0.4) is 0 Å². The van der Waals surface area contributed by atoms with Crippen LogP contribution < -0.4 is 5.32 Å². The van der Waals surface area contributed by atoms with Gasteiger partial charge in [-0.3, -0.25) is 9.35 Å². The fourth-order valence-electron chi connectivity index (χ4n) is 4.21. The first kappa shape index (κ1) is 24.1. The van der Waals surface area contributed by atoms with E-state index in [0.717, 1.165) is 11.8 Å². The van der Waals surface area contributed by atoms with Gasteiger partial charge in [0.1, 0.15) is 5.82 Å². The molecule has 1 aromatic heterocycles. The molecule has 2 aromatic carbocycles. The summed E-state index contributed by atoms with van der Waals surface area (Å²) in [4.78, 5) is 19.0. The van der Waals surface area contributed by atoms with Crippen molar-refractivity contribution in [1.29, 1.82) is 0 Å². The summed E-state index contributed by atoms with van der Waals surface area (Å²) in [6.45, 7) is 2.44. The molecule has 0 spiro atoms. The van der Waals surface area contributed by atoms with E-state index in [1.165, 1.54) is 19.1 Å². The Morgan fingerprint density at radius 3 is 2.47 bits per heavy atom. The number of pyridine rings is 1. The standard InChI is InChI=1S/C24H23ClFN3O4S/c1-15-22(28-20-4-2-3-18(25)13-20)21(14-27-23(15)34(31,32)33)24(30)29-11-9-17(10-12-29)16-5-7-19(26)8-6-16/h2-8,13-14,17H,9-12H2,1H3,(H,27,28)(H,31,32,33). The Balaban J connectivity index is 1.62. The van der Waals surface area contributed by atoms with Gasteiger partial charge in [0, 0.05) is 35.6 Å². The zero-order valence-electron chi connectivity index (χ0n) is 18.3. The van der Waals surface area contributed by atoms with Gasteiger partial charge in [0.15, 0.2) is 5.03 Å². The predicted molar refractivity (Wildman–Crippen MR) is 128 cm³/mol. The summed E-state index contributed by atoms with van der Waals surface area (Å²) in [5.74, 6) is -0.373. The summed E-state index contributed by atoms with van der Waals surface area (Å²) in [5.41, 5.74) is 2.12. The Bertz CT molecular complexity index is 1320. The maximum atomic E-state index is 13.4. The van der Waals surface area contributed by atoms with E-state index in [2.05, 4.69) is 10.3 Å². The Kier molecular flexibility index (Phi) is 6.88. The number of rotatable bonds is 5. The third kappa shape index (κ3) is 5.22. The van der Waals surface area contributed by atoms with Crippen molar-refractivity contribution in [2.75, 3.05) is 18.4 Å². The number of anilines is 2. The molecule has 4 rings (SSSR count). The van der Waals surface area contributed by atoms with Gasteiger partial charge >= 0.3 is 10.1 Å². The first-order valence-corrected chi connectivity index (χ1v) is 12.5. The lowest BCUT2D eigenvalue weighted by atomic mass is 9.89. The Morgan fingerprint density at radius 1 is 1.18 bits per heavy atom. The van der Waals surface area contributed by atoms with Crippen molar-refractivity contribution in [3.63, 3.8) is 0 Å². The zero-order valence-corrected chi connectivity index (χ0v) is 19.9. The number of benzene rings is 2. The van der Waals surface area contributed by atoms with E-state index in [1.807, 2.05) is 0 Å². The van der Waals surface area contributed by atoms with Crippen molar-refractivity contribution < 1.29 is 22.2 Å². The first-order chi connectivity index (χ1) is 16.1. The number of piperidine rings is 1. The summed E-state index contributed by atoms with van der Waals surface area (Å²) in [7, 11) is -4.59. The van der Waals surface area contributed by atoms with Gasteiger partial charge < -0.3 is 10.2 Å². The number of carbonyl (C=O) groups is 1. The van der Waals surface area contributed by atoms with E-state index in [9.17, 15) is 22.2 Å². The number of likely N-dealkylation sites (tertiary alicyclic amines) is 1. The smallest absolute Gasteiger partial charge is 0.312 e. The van der Waals surface area contributed by atoms with Crippen LogP contribution in [-0.4, -0.2) is 41.9 Å². The summed E-state index contributed by atoms with van der Waals surface area (Å²) < 4.78 is 46.4. The summed E-state index contributed by atoms with van der Waals surface area (Å²) in [6, 6.07) is 13.2. The molecule has 0 bridgehead atoms. The molecule has 3 aromatic rings. The molecule has 0 radical (unpaired) electrons. The van der Waals surface area contributed by atoms with Crippen LogP contribution in [0.15, 0.2) is 59.8 Å². The summed E-state index contributed by atoms with van der Waals surface area (Å²) in [6.07, 6.45) is 2.59. The molecule has 1 aliphatic rings. The highest BCUT2D eigenvalue weighted by Gasteiger charge is 2.29. The Morgan fingerprint density at radius 2 is 1.85 bits per heavy atom. The van der Waals surface area contributed by atoms with Gasteiger partial charge in [0.2, 0.25) is 0 Å². The second kappa shape index (κ2) is 9.69. The van der Waals surface area contributed by atoms with Crippen molar-refractivity contribution in [3.05, 3.63) is 82.3 Å².